The lowest BCUT2D eigenvalue weighted by Crippen LogP contribution is -2.31. The van der Waals surface area contributed by atoms with Crippen LogP contribution in [0.1, 0.15) is 172 Å². The van der Waals surface area contributed by atoms with Crippen molar-refractivity contribution in [2.24, 2.45) is 10.8 Å². The molecule has 54 heavy (non-hydrogen) atoms. The second-order valence-electron chi connectivity index (χ2n) is 17.5. The average molecular weight is 735 g/mol. The van der Waals surface area contributed by atoms with Crippen molar-refractivity contribution in [3.63, 3.8) is 0 Å². The fraction of sp³-hybridized carbons (Fsp3) is 0.558. The first-order valence-corrected chi connectivity index (χ1v) is 21.3. The minimum absolute atomic E-state index is 0.0240. The Kier molecular flexibility index (Phi) is 21.6. The third-order valence-corrected chi connectivity index (χ3v) is 11.1. The van der Waals surface area contributed by atoms with E-state index < -0.39 is 0 Å². The molecule has 0 bridgehead atoms. The molecule has 2 aliphatic rings. The van der Waals surface area contributed by atoms with Crippen LogP contribution in [0.4, 0.5) is 0 Å². The number of carbonyl (C=O) groups is 1. The summed E-state index contributed by atoms with van der Waals surface area (Å²) in [5.41, 5.74) is 10.8. The van der Waals surface area contributed by atoms with Crippen LogP contribution in [0.25, 0.3) is 0 Å². The summed E-state index contributed by atoms with van der Waals surface area (Å²) in [5.74, 6) is -0.0240. The molecule has 2 rings (SSSR count). The van der Waals surface area contributed by atoms with Gasteiger partial charge < -0.3 is 4.74 Å². The maximum absolute atomic E-state index is 12.6. The third kappa shape index (κ3) is 18.8. The van der Waals surface area contributed by atoms with Gasteiger partial charge in [-0.3, -0.25) is 4.79 Å². The monoisotopic (exact) mass is 735 g/mol. The Labute approximate surface area is 333 Å². The van der Waals surface area contributed by atoms with Gasteiger partial charge in [-0.05, 0) is 95.6 Å². The highest BCUT2D eigenvalue weighted by Gasteiger charge is 2.34. The first-order chi connectivity index (χ1) is 25.6. The molecule has 0 aromatic carbocycles. The largest absolute Gasteiger partial charge is 0.462 e. The normalized spacial score (nSPS) is 20.6. The number of allylic oxidation sites excluding steroid dienone is 21. The van der Waals surface area contributed by atoms with Gasteiger partial charge in [-0.1, -0.05) is 204 Å². The van der Waals surface area contributed by atoms with Crippen LogP contribution in [0.2, 0.25) is 0 Å². The summed E-state index contributed by atoms with van der Waals surface area (Å²) >= 11 is 0. The number of ether oxygens (including phenoxy) is 1. The molecule has 0 aliphatic heterocycles. The van der Waals surface area contributed by atoms with Gasteiger partial charge in [-0.25, -0.2) is 0 Å². The number of unbranched alkanes of at least 4 members (excludes halogenated alkanes) is 8. The highest BCUT2D eigenvalue weighted by molar-refractivity contribution is 5.69. The quantitative estimate of drug-likeness (QED) is 0.0667. The molecule has 0 spiro atoms. The topological polar surface area (TPSA) is 26.3 Å². The number of esters is 1. The van der Waals surface area contributed by atoms with Crippen LogP contribution in [0.5, 0.6) is 0 Å². The maximum Gasteiger partial charge on any atom is 0.306 e. The van der Waals surface area contributed by atoms with Crippen molar-refractivity contribution in [1.82, 2.24) is 0 Å². The second-order valence-corrected chi connectivity index (χ2v) is 17.5. The lowest BCUT2D eigenvalue weighted by Gasteiger charge is -2.37. The van der Waals surface area contributed by atoms with E-state index >= 15 is 0 Å². The summed E-state index contributed by atoms with van der Waals surface area (Å²) in [6, 6.07) is 0. The number of rotatable bonds is 21. The van der Waals surface area contributed by atoms with Gasteiger partial charge >= 0.3 is 5.97 Å². The standard InChI is InChI=1S/C52H78O2/c1-12-13-14-15-16-17-18-19-20-33-50(53)54-47-39-46(7)49(52(10,11)40-47)37-35-44(5)31-24-29-42(3)27-22-21-26-41(2)28-23-30-43(4)34-36-48-45(6)32-25-38-51(48,8)9/h21-24,26-31,34-37,47H,12-20,25,32-33,38-40H2,1-11H3/b22-21+,28-23+,29-24+,36-34+,37-35+,41-26+,42-27+,43-30+,44-31+/t47-/m1/s1. The minimum Gasteiger partial charge on any atom is -0.462 e. The summed E-state index contributed by atoms with van der Waals surface area (Å²) < 4.78 is 5.98. The highest BCUT2D eigenvalue weighted by atomic mass is 16.5. The van der Waals surface area contributed by atoms with Crippen LogP contribution in [-0.4, -0.2) is 12.1 Å². The molecule has 0 aromatic heterocycles. The van der Waals surface area contributed by atoms with E-state index in [1.807, 2.05) is 0 Å². The zero-order chi connectivity index (χ0) is 40.0. The molecular formula is C52H78O2. The van der Waals surface area contributed by atoms with Gasteiger partial charge in [0.2, 0.25) is 0 Å². The molecule has 0 fully saturated rings. The predicted molar refractivity (Wildman–Crippen MR) is 238 cm³/mol. The van der Waals surface area contributed by atoms with Crippen molar-refractivity contribution < 1.29 is 9.53 Å². The average Bonchev–Trinajstić information content (AvgIpc) is 3.08. The summed E-state index contributed by atoms with van der Waals surface area (Å²) in [6.07, 6.45) is 47.8. The molecule has 298 valence electrons. The van der Waals surface area contributed by atoms with E-state index in [0.29, 0.717) is 6.42 Å². The lowest BCUT2D eigenvalue weighted by molar-refractivity contribution is -0.150. The molecule has 2 aliphatic carbocycles. The van der Waals surface area contributed by atoms with Crippen LogP contribution < -0.4 is 0 Å². The zero-order valence-electron chi connectivity index (χ0n) is 36.6. The zero-order valence-corrected chi connectivity index (χ0v) is 36.6. The van der Waals surface area contributed by atoms with Gasteiger partial charge in [-0.15, -0.1) is 0 Å². The van der Waals surface area contributed by atoms with Gasteiger partial charge in [0.25, 0.3) is 0 Å². The van der Waals surface area contributed by atoms with Crippen LogP contribution in [-0.2, 0) is 9.53 Å². The van der Waals surface area contributed by atoms with E-state index in [1.54, 1.807) is 0 Å². The third-order valence-electron chi connectivity index (χ3n) is 11.1. The summed E-state index contributed by atoms with van der Waals surface area (Å²) in [6.45, 7) is 24.6. The Balaban J connectivity index is 1.82. The van der Waals surface area contributed by atoms with E-state index in [-0.39, 0.29) is 22.9 Å². The summed E-state index contributed by atoms with van der Waals surface area (Å²) in [7, 11) is 0. The molecule has 0 aromatic rings. The van der Waals surface area contributed by atoms with E-state index in [9.17, 15) is 4.79 Å². The molecule has 0 N–H and O–H groups in total. The van der Waals surface area contributed by atoms with Gasteiger partial charge in [0.05, 0.1) is 0 Å². The lowest BCUT2D eigenvalue weighted by atomic mass is 9.71. The van der Waals surface area contributed by atoms with E-state index in [0.717, 1.165) is 25.7 Å². The fourth-order valence-corrected chi connectivity index (χ4v) is 7.84. The summed E-state index contributed by atoms with van der Waals surface area (Å²) in [4.78, 5) is 12.6. The van der Waals surface area contributed by atoms with Gasteiger partial charge in [0.1, 0.15) is 6.10 Å². The molecule has 0 amide bonds. The van der Waals surface area contributed by atoms with E-state index in [4.69, 9.17) is 4.74 Å². The van der Waals surface area contributed by atoms with Crippen molar-refractivity contribution >= 4 is 5.97 Å². The number of carbonyl (C=O) groups excluding carboxylic acids is 1. The Morgan fingerprint density at radius 1 is 0.630 bits per heavy atom. The Morgan fingerprint density at radius 3 is 1.59 bits per heavy atom. The fourth-order valence-electron chi connectivity index (χ4n) is 7.84. The second kappa shape index (κ2) is 24.9. The predicted octanol–water partition coefficient (Wildman–Crippen LogP) is 16.0. The number of hydrogen-bond donors (Lipinski definition) is 0. The van der Waals surface area contributed by atoms with E-state index in [1.165, 1.54) is 109 Å². The van der Waals surface area contributed by atoms with Crippen LogP contribution in [0, 0.1) is 10.8 Å². The minimum atomic E-state index is -0.0395. The first-order valence-electron chi connectivity index (χ1n) is 21.3. The number of hydrogen-bond acceptors (Lipinski definition) is 2. The van der Waals surface area contributed by atoms with Crippen molar-refractivity contribution in [3.8, 4) is 0 Å². The van der Waals surface area contributed by atoms with Crippen LogP contribution >= 0.6 is 0 Å². The highest BCUT2D eigenvalue weighted by Crippen LogP contribution is 2.43. The smallest absolute Gasteiger partial charge is 0.306 e. The van der Waals surface area contributed by atoms with Gasteiger partial charge in [0, 0.05) is 12.8 Å². The SMILES string of the molecule is CCCCCCCCCCCC(=O)O[C@@H]1CC(C)=C(/C=C/C(C)=C/C=C/C(C)=C/C=C/C=C(C)/C=C/C=C(C)/C=C/C2=C(C)CCCC2(C)C)C(C)(C)C1. The molecule has 0 radical (unpaired) electrons. The Morgan fingerprint density at radius 2 is 1.09 bits per heavy atom. The Bertz CT molecular complexity index is 1530. The molecule has 0 saturated heterocycles. The van der Waals surface area contributed by atoms with Crippen molar-refractivity contribution in [3.05, 3.63) is 130 Å². The van der Waals surface area contributed by atoms with Crippen molar-refractivity contribution in [2.75, 3.05) is 0 Å². The van der Waals surface area contributed by atoms with Crippen LogP contribution in [0.15, 0.2) is 130 Å². The molecule has 0 saturated carbocycles. The van der Waals surface area contributed by atoms with Crippen molar-refractivity contribution in [2.45, 2.75) is 179 Å². The van der Waals surface area contributed by atoms with Crippen molar-refractivity contribution in [1.29, 1.82) is 0 Å². The summed E-state index contributed by atoms with van der Waals surface area (Å²) in [5, 5.41) is 0. The molecule has 0 heterocycles. The first kappa shape index (κ1) is 46.8. The van der Waals surface area contributed by atoms with Gasteiger partial charge in [-0.2, -0.15) is 0 Å². The molecule has 2 nitrogen and oxygen atoms in total. The Hall–Kier alpha value is -3.39. The molecule has 1 atom stereocenters. The van der Waals surface area contributed by atoms with Gasteiger partial charge in [0.15, 0.2) is 0 Å². The van der Waals surface area contributed by atoms with E-state index in [2.05, 4.69) is 161 Å². The molecule has 0 unspecified atom stereocenters. The maximum atomic E-state index is 12.6. The molecular weight excluding hydrogens is 657 g/mol. The molecule has 2 heteroatoms. The van der Waals surface area contributed by atoms with Crippen LogP contribution in [0.3, 0.4) is 0 Å².